The summed E-state index contributed by atoms with van der Waals surface area (Å²) < 4.78 is 13.1. The van der Waals surface area contributed by atoms with Crippen molar-refractivity contribution in [1.82, 2.24) is 0 Å². The molecule has 0 spiro atoms. The quantitative estimate of drug-likeness (QED) is 0.272. The van der Waals surface area contributed by atoms with Crippen LogP contribution in [0.4, 0.5) is 11.4 Å². The van der Waals surface area contributed by atoms with E-state index in [0.717, 1.165) is 51.6 Å². The molecule has 0 atom stereocenters. The molecule has 0 saturated heterocycles. The van der Waals surface area contributed by atoms with Gasteiger partial charge in [-0.2, -0.15) is 0 Å². The highest BCUT2D eigenvalue weighted by atomic mass is 28.4. The van der Waals surface area contributed by atoms with E-state index in [2.05, 4.69) is 102 Å². The van der Waals surface area contributed by atoms with Crippen molar-refractivity contribution in [2.45, 2.75) is 110 Å². The van der Waals surface area contributed by atoms with Crippen molar-refractivity contribution in [2.75, 3.05) is 43.1 Å². The van der Waals surface area contributed by atoms with E-state index in [0.29, 0.717) is 6.04 Å². The monoisotopic (exact) mass is 535 g/mol. The van der Waals surface area contributed by atoms with E-state index in [1.165, 1.54) is 24.2 Å². The number of benzene rings is 1. The Balaban J connectivity index is 2.00. The average Bonchev–Trinajstić information content (AvgIpc) is 2.76. The van der Waals surface area contributed by atoms with Crippen LogP contribution >= 0.6 is 0 Å². The Morgan fingerprint density at radius 3 is 1.67 bits per heavy atom. The first-order valence-corrected chi connectivity index (χ1v) is 20.0. The summed E-state index contributed by atoms with van der Waals surface area (Å²) in [5.41, 5.74) is 8.51. The van der Waals surface area contributed by atoms with Gasteiger partial charge in [0.15, 0.2) is 16.6 Å². The summed E-state index contributed by atoms with van der Waals surface area (Å²) in [4.78, 5) is 2.44. The molecule has 1 saturated carbocycles. The number of nitrogens with one attached hydrogen (secondary N) is 1. The molecule has 1 aliphatic carbocycles. The van der Waals surface area contributed by atoms with Crippen LogP contribution in [0.25, 0.3) is 0 Å². The number of rotatable bonds is 12. The summed E-state index contributed by atoms with van der Waals surface area (Å²) in [5, 5.41) is 4.10. The van der Waals surface area contributed by atoms with Crippen molar-refractivity contribution in [1.29, 1.82) is 0 Å². The molecule has 0 heterocycles. The number of hydrogen-bond acceptors (Lipinski definition) is 5. The zero-order chi connectivity index (χ0) is 27.2. The first kappa shape index (κ1) is 31.4. The lowest BCUT2D eigenvalue weighted by Crippen LogP contribution is -2.44. The summed E-state index contributed by atoms with van der Waals surface area (Å²) in [5.74, 6) is 0.737. The highest BCUT2D eigenvalue weighted by Crippen LogP contribution is 2.37. The molecule has 2 rings (SSSR count). The molecule has 36 heavy (non-hydrogen) atoms. The minimum atomic E-state index is -1.77. The van der Waals surface area contributed by atoms with Crippen molar-refractivity contribution in [3.05, 3.63) is 24.3 Å². The van der Waals surface area contributed by atoms with Crippen molar-refractivity contribution in [3.8, 4) is 0 Å². The molecule has 1 fully saturated rings. The molecule has 3 N–H and O–H groups in total. The molecule has 0 amide bonds. The Labute approximate surface area is 225 Å². The van der Waals surface area contributed by atoms with Crippen LogP contribution in [-0.2, 0) is 8.85 Å². The lowest BCUT2D eigenvalue weighted by atomic mass is 9.86. The second-order valence-corrected chi connectivity index (χ2v) is 23.5. The molecule has 0 unspecified atom stereocenters. The maximum absolute atomic E-state index is 6.53. The summed E-state index contributed by atoms with van der Waals surface area (Å²) >= 11 is 0. The van der Waals surface area contributed by atoms with Crippen LogP contribution in [0.5, 0.6) is 0 Å². The molecule has 0 aliphatic heterocycles. The van der Waals surface area contributed by atoms with Crippen molar-refractivity contribution < 1.29 is 8.85 Å². The SMILES string of the molecule is CC(C)(C)[Si](C)(C)OCCN(CCO[Si](C)(C)C(C)(C)C)c1ccc(NCC2CCC(N)CC2)cc1. The van der Waals surface area contributed by atoms with Crippen molar-refractivity contribution >= 4 is 28.0 Å². The predicted molar refractivity (Wildman–Crippen MR) is 163 cm³/mol. The fourth-order valence-corrected chi connectivity index (χ4v) is 6.14. The molecular formula is C29H57N3O2Si2. The Kier molecular flexibility index (Phi) is 11.1. The minimum absolute atomic E-state index is 0.222. The van der Waals surface area contributed by atoms with Gasteiger partial charge < -0.3 is 24.8 Å². The predicted octanol–water partition coefficient (Wildman–Crippen LogP) is 7.47. The zero-order valence-electron chi connectivity index (χ0n) is 25.2. The van der Waals surface area contributed by atoms with Gasteiger partial charge in [0.05, 0.1) is 13.2 Å². The van der Waals surface area contributed by atoms with Crippen LogP contribution < -0.4 is 16.0 Å². The maximum atomic E-state index is 6.53. The van der Waals surface area contributed by atoms with Crippen LogP contribution in [-0.4, -0.2) is 55.5 Å². The first-order chi connectivity index (χ1) is 16.5. The zero-order valence-corrected chi connectivity index (χ0v) is 27.2. The van der Waals surface area contributed by atoms with Gasteiger partial charge in [-0.05, 0) is 92.1 Å². The molecule has 0 aromatic heterocycles. The van der Waals surface area contributed by atoms with Crippen molar-refractivity contribution in [2.24, 2.45) is 11.7 Å². The van der Waals surface area contributed by atoms with Crippen LogP contribution in [0.3, 0.4) is 0 Å². The van der Waals surface area contributed by atoms with Gasteiger partial charge in [-0.25, -0.2) is 0 Å². The van der Waals surface area contributed by atoms with Crippen LogP contribution in [0.1, 0.15) is 67.2 Å². The summed E-state index contributed by atoms with van der Waals surface area (Å²) in [6.07, 6.45) is 4.80. The van der Waals surface area contributed by atoms with Crippen LogP contribution in [0.2, 0.25) is 36.3 Å². The van der Waals surface area contributed by atoms with E-state index >= 15 is 0 Å². The van der Waals surface area contributed by atoms with Gasteiger partial charge in [-0.1, -0.05) is 41.5 Å². The second kappa shape index (κ2) is 12.8. The largest absolute Gasteiger partial charge is 0.415 e. The third-order valence-corrected chi connectivity index (χ3v) is 18.1. The van der Waals surface area contributed by atoms with Crippen LogP contribution in [0.15, 0.2) is 24.3 Å². The molecule has 0 radical (unpaired) electrons. The summed E-state index contributed by atoms with van der Waals surface area (Å²) in [6.45, 7) is 27.4. The van der Waals surface area contributed by atoms with E-state index in [1.54, 1.807) is 0 Å². The summed E-state index contributed by atoms with van der Waals surface area (Å²) in [6, 6.07) is 9.35. The Morgan fingerprint density at radius 2 is 1.25 bits per heavy atom. The lowest BCUT2D eigenvalue weighted by Gasteiger charge is -2.38. The number of anilines is 2. The highest BCUT2D eigenvalue weighted by Gasteiger charge is 2.38. The Morgan fingerprint density at radius 1 is 0.806 bits per heavy atom. The number of nitrogens with two attached hydrogens (primary N) is 1. The molecule has 1 aromatic rings. The number of hydrogen-bond donors (Lipinski definition) is 2. The van der Waals surface area contributed by atoms with Crippen LogP contribution in [0, 0.1) is 5.92 Å². The fraction of sp³-hybridized carbons (Fsp3) is 0.793. The Hall–Kier alpha value is -0.866. The molecule has 1 aliphatic rings. The van der Waals surface area contributed by atoms with Gasteiger partial charge in [0.25, 0.3) is 0 Å². The minimum Gasteiger partial charge on any atom is -0.415 e. The topological polar surface area (TPSA) is 59.8 Å². The smallest absolute Gasteiger partial charge is 0.192 e. The normalized spacial score (nSPS) is 19.9. The first-order valence-electron chi connectivity index (χ1n) is 14.1. The van der Waals surface area contributed by atoms with E-state index < -0.39 is 16.6 Å². The summed E-state index contributed by atoms with van der Waals surface area (Å²) in [7, 11) is -3.54. The third-order valence-electron chi connectivity index (χ3n) is 8.98. The standard InChI is InChI=1S/C29H57N3O2Si2/c1-28(2,3)35(7,8)33-21-19-32(20-22-34-36(9,10)29(4,5)6)27-17-15-26(16-18-27)31-23-24-11-13-25(30)14-12-24/h15-18,24-25,31H,11-14,19-23,30H2,1-10H3. The van der Waals surface area contributed by atoms with Gasteiger partial charge >= 0.3 is 0 Å². The highest BCUT2D eigenvalue weighted by molar-refractivity contribution is 6.74. The van der Waals surface area contributed by atoms with Gasteiger partial charge in [0, 0.05) is 37.1 Å². The fourth-order valence-electron chi connectivity index (χ4n) is 4.07. The molecule has 0 bridgehead atoms. The molecule has 5 nitrogen and oxygen atoms in total. The maximum Gasteiger partial charge on any atom is 0.192 e. The Bertz CT molecular complexity index is 745. The van der Waals surface area contributed by atoms with Gasteiger partial charge in [0.2, 0.25) is 0 Å². The molecule has 1 aromatic carbocycles. The number of nitrogens with zero attached hydrogens (tertiary/aromatic N) is 1. The molecule has 7 heteroatoms. The molecule has 208 valence electrons. The second-order valence-electron chi connectivity index (χ2n) is 13.9. The van der Waals surface area contributed by atoms with Crippen molar-refractivity contribution in [3.63, 3.8) is 0 Å². The lowest BCUT2D eigenvalue weighted by molar-refractivity contribution is 0.276. The van der Waals surface area contributed by atoms with E-state index in [-0.39, 0.29) is 10.1 Å². The van der Waals surface area contributed by atoms with Gasteiger partial charge in [-0.3, -0.25) is 0 Å². The third kappa shape index (κ3) is 9.46. The van der Waals surface area contributed by atoms with Gasteiger partial charge in [0.1, 0.15) is 0 Å². The average molecular weight is 536 g/mol. The molecular weight excluding hydrogens is 479 g/mol. The van der Waals surface area contributed by atoms with E-state index in [9.17, 15) is 0 Å². The van der Waals surface area contributed by atoms with Gasteiger partial charge in [-0.15, -0.1) is 0 Å². The van der Waals surface area contributed by atoms with E-state index in [1.807, 2.05) is 0 Å². The van der Waals surface area contributed by atoms with E-state index in [4.69, 9.17) is 14.6 Å².